The number of benzene rings is 2. The molecule has 1 heterocycles. The zero-order valence-corrected chi connectivity index (χ0v) is 15.5. The van der Waals surface area contributed by atoms with E-state index in [1.54, 1.807) is 0 Å². The Morgan fingerprint density at radius 2 is 1.64 bits per heavy atom. The summed E-state index contributed by atoms with van der Waals surface area (Å²) in [6.07, 6.45) is 4.44. The summed E-state index contributed by atoms with van der Waals surface area (Å²) < 4.78 is 26.8. The van der Waals surface area contributed by atoms with Crippen LogP contribution >= 0.6 is 24.0 Å². The fourth-order valence-corrected chi connectivity index (χ4v) is 3.48. The van der Waals surface area contributed by atoms with Crippen LogP contribution in [0.2, 0.25) is 5.02 Å². The van der Waals surface area contributed by atoms with E-state index in [1.165, 1.54) is 31.4 Å². The van der Waals surface area contributed by atoms with Crippen molar-refractivity contribution in [3.8, 4) is 11.1 Å². The lowest BCUT2D eigenvalue weighted by molar-refractivity contribution is 0.281. The number of allylic oxidation sites excluding steroid dienone is 1. The van der Waals surface area contributed by atoms with Gasteiger partial charge in [-0.25, -0.2) is 8.78 Å². The van der Waals surface area contributed by atoms with Gasteiger partial charge in [-0.3, -0.25) is 0 Å². The summed E-state index contributed by atoms with van der Waals surface area (Å²) in [4.78, 5) is 2.33. The molecule has 0 spiro atoms. The fraction of sp³-hybridized carbons (Fsp3) is 0.300. The number of rotatable bonds is 4. The first-order valence-electron chi connectivity index (χ1n) is 8.20. The molecule has 134 valence electrons. The van der Waals surface area contributed by atoms with Crippen molar-refractivity contribution in [1.29, 1.82) is 0 Å². The quantitative estimate of drug-likeness (QED) is 0.602. The Kier molecular flexibility index (Phi) is 6.86. The normalized spacial score (nSPS) is 14.1. The number of piperidine rings is 1. The molecule has 0 bridgehead atoms. The molecule has 1 saturated heterocycles. The van der Waals surface area contributed by atoms with Crippen molar-refractivity contribution >= 4 is 24.0 Å². The van der Waals surface area contributed by atoms with Gasteiger partial charge in [0.05, 0.1) is 0 Å². The van der Waals surface area contributed by atoms with Crippen molar-refractivity contribution in [2.75, 3.05) is 13.1 Å². The second-order valence-electron chi connectivity index (χ2n) is 6.26. The molecular formula is C20H21Cl2F2N. The predicted octanol–water partition coefficient (Wildman–Crippen LogP) is 6.25. The number of likely N-dealkylation sites (tertiary alicyclic amines) is 1. The highest BCUT2D eigenvalue weighted by Gasteiger charge is 2.13. The van der Waals surface area contributed by atoms with Crippen LogP contribution in [0.15, 0.2) is 48.7 Å². The van der Waals surface area contributed by atoms with Gasteiger partial charge >= 0.3 is 0 Å². The van der Waals surface area contributed by atoms with Gasteiger partial charge in [0.25, 0.3) is 0 Å². The van der Waals surface area contributed by atoms with Crippen LogP contribution in [-0.2, 0) is 6.42 Å². The third kappa shape index (κ3) is 4.96. The maximum Gasteiger partial charge on any atom is 0.126 e. The van der Waals surface area contributed by atoms with Crippen molar-refractivity contribution in [1.82, 2.24) is 4.90 Å². The molecule has 0 amide bonds. The maximum atomic E-state index is 13.4. The van der Waals surface area contributed by atoms with E-state index >= 15 is 0 Å². The van der Waals surface area contributed by atoms with Gasteiger partial charge in [-0.1, -0.05) is 30.3 Å². The topological polar surface area (TPSA) is 3.24 Å². The Bertz CT molecular complexity index is 735. The monoisotopic (exact) mass is 383 g/mol. The first-order chi connectivity index (χ1) is 11.5. The molecule has 1 aliphatic rings. The van der Waals surface area contributed by atoms with Crippen LogP contribution in [0.4, 0.5) is 8.78 Å². The van der Waals surface area contributed by atoms with Gasteiger partial charge in [0.1, 0.15) is 11.6 Å². The van der Waals surface area contributed by atoms with E-state index in [4.69, 9.17) is 11.6 Å². The molecule has 2 aromatic rings. The summed E-state index contributed by atoms with van der Waals surface area (Å²) in [5.74, 6) is -1.22. The van der Waals surface area contributed by atoms with Crippen LogP contribution in [0.1, 0.15) is 24.8 Å². The molecule has 0 aliphatic carbocycles. The molecule has 0 radical (unpaired) electrons. The molecule has 3 rings (SSSR count). The van der Waals surface area contributed by atoms with Gasteiger partial charge in [-0.15, -0.1) is 12.4 Å². The molecule has 1 fully saturated rings. The second-order valence-corrected chi connectivity index (χ2v) is 6.67. The second kappa shape index (κ2) is 8.68. The van der Waals surface area contributed by atoms with Crippen LogP contribution < -0.4 is 0 Å². The number of hydrogen-bond acceptors (Lipinski definition) is 1. The van der Waals surface area contributed by atoms with Crippen LogP contribution in [-0.4, -0.2) is 18.0 Å². The van der Waals surface area contributed by atoms with Crippen LogP contribution in [0, 0.1) is 11.6 Å². The fourth-order valence-electron chi connectivity index (χ4n) is 3.17. The lowest BCUT2D eigenvalue weighted by Gasteiger charge is -2.30. The minimum absolute atomic E-state index is 0. The van der Waals surface area contributed by atoms with E-state index in [9.17, 15) is 8.78 Å². The molecule has 0 aromatic heterocycles. The first kappa shape index (κ1) is 19.7. The van der Waals surface area contributed by atoms with Gasteiger partial charge in [0, 0.05) is 41.9 Å². The van der Waals surface area contributed by atoms with Gasteiger partial charge in [-0.2, -0.15) is 0 Å². The predicted molar refractivity (Wildman–Crippen MR) is 102 cm³/mol. The third-order valence-electron chi connectivity index (χ3n) is 4.42. The molecular weight excluding hydrogens is 363 g/mol. The summed E-state index contributed by atoms with van der Waals surface area (Å²) >= 11 is 6.35. The highest BCUT2D eigenvalue weighted by Crippen LogP contribution is 2.30. The number of halogens is 4. The van der Waals surface area contributed by atoms with Crippen molar-refractivity contribution in [3.05, 3.63) is 70.9 Å². The molecule has 0 unspecified atom stereocenters. The van der Waals surface area contributed by atoms with E-state index in [0.29, 0.717) is 16.1 Å². The Morgan fingerprint density at radius 3 is 2.24 bits per heavy atom. The molecule has 1 nitrogen and oxygen atoms in total. The molecule has 5 heteroatoms. The van der Waals surface area contributed by atoms with Crippen molar-refractivity contribution in [2.45, 2.75) is 25.7 Å². The standard InChI is InChI=1S/C20H20ClF2N.ClH/c1-14(24-7-3-2-4-8-24)9-15-5-6-19(20(21)10-15)16-11-17(22)13-18(23)12-16;/h5-6,10-13H,1-4,7-9H2;1H. The SMILES string of the molecule is C=C(Cc1ccc(-c2cc(F)cc(F)c2)c(Cl)c1)N1CCCCC1.Cl. The highest BCUT2D eigenvalue weighted by atomic mass is 35.5. The average Bonchev–Trinajstić information content (AvgIpc) is 2.55. The molecule has 0 saturated carbocycles. The number of hydrogen-bond donors (Lipinski definition) is 0. The summed E-state index contributed by atoms with van der Waals surface area (Å²) in [6, 6.07) is 9.05. The van der Waals surface area contributed by atoms with E-state index < -0.39 is 11.6 Å². The molecule has 0 atom stereocenters. The summed E-state index contributed by atoms with van der Waals surface area (Å²) in [5, 5.41) is 0.490. The Balaban J connectivity index is 0.00000225. The van der Waals surface area contributed by atoms with Crippen LogP contribution in [0.5, 0.6) is 0 Å². The zero-order chi connectivity index (χ0) is 17.1. The largest absolute Gasteiger partial charge is 0.375 e. The van der Waals surface area contributed by atoms with Crippen LogP contribution in [0.25, 0.3) is 11.1 Å². The Labute approximate surface area is 158 Å². The molecule has 0 N–H and O–H groups in total. The zero-order valence-electron chi connectivity index (χ0n) is 13.9. The van der Waals surface area contributed by atoms with Gasteiger partial charge < -0.3 is 4.90 Å². The highest BCUT2D eigenvalue weighted by molar-refractivity contribution is 6.33. The average molecular weight is 384 g/mol. The Morgan fingerprint density at radius 1 is 1.00 bits per heavy atom. The minimum Gasteiger partial charge on any atom is -0.375 e. The smallest absolute Gasteiger partial charge is 0.126 e. The third-order valence-corrected chi connectivity index (χ3v) is 4.73. The van der Waals surface area contributed by atoms with Gasteiger partial charge in [0.15, 0.2) is 0 Å². The summed E-state index contributed by atoms with van der Waals surface area (Å²) in [5.41, 5.74) is 3.22. The van der Waals surface area contributed by atoms with Crippen molar-refractivity contribution < 1.29 is 8.78 Å². The lowest BCUT2D eigenvalue weighted by Crippen LogP contribution is -2.29. The van der Waals surface area contributed by atoms with E-state index in [1.807, 2.05) is 18.2 Å². The first-order valence-corrected chi connectivity index (χ1v) is 8.58. The maximum absolute atomic E-state index is 13.4. The van der Waals surface area contributed by atoms with Crippen molar-refractivity contribution in [2.24, 2.45) is 0 Å². The molecule has 1 aliphatic heterocycles. The van der Waals surface area contributed by atoms with Gasteiger partial charge in [0.2, 0.25) is 0 Å². The van der Waals surface area contributed by atoms with E-state index in [2.05, 4.69) is 11.5 Å². The summed E-state index contributed by atoms with van der Waals surface area (Å²) in [6.45, 7) is 6.32. The summed E-state index contributed by atoms with van der Waals surface area (Å²) in [7, 11) is 0. The van der Waals surface area contributed by atoms with E-state index in [0.717, 1.165) is 36.8 Å². The van der Waals surface area contributed by atoms with Crippen LogP contribution in [0.3, 0.4) is 0 Å². The van der Waals surface area contributed by atoms with E-state index in [-0.39, 0.29) is 12.4 Å². The Hall–Kier alpha value is -1.58. The molecule has 2 aromatic carbocycles. The minimum atomic E-state index is -0.608. The number of nitrogens with zero attached hydrogens (tertiary/aromatic N) is 1. The van der Waals surface area contributed by atoms with Crippen molar-refractivity contribution in [3.63, 3.8) is 0 Å². The van der Waals surface area contributed by atoms with Gasteiger partial charge in [-0.05, 0) is 48.6 Å². The lowest BCUT2D eigenvalue weighted by atomic mass is 10.0. The molecule has 25 heavy (non-hydrogen) atoms.